The molecule has 0 bridgehead atoms. The molecule has 2 atom stereocenters. The van der Waals surface area contributed by atoms with Gasteiger partial charge in [-0.15, -0.1) is 0 Å². The number of aromatic nitrogens is 1. The fourth-order valence-electron chi connectivity index (χ4n) is 5.12. The van der Waals surface area contributed by atoms with Gasteiger partial charge in [-0.05, 0) is 43.0 Å². The highest BCUT2D eigenvalue weighted by atomic mass is 32.2. The third-order valence-corrected chi connectivity index (χ3v) is 8.81. The van der Waals surface area contributed by atoms with Crippen LogP contribution in [0.3, 0.4) is 0 Å². The summed E-state index contributed by atoms with van der Waals surface area (Å²) in [6.45, 7) is 0. The Morgan fingerprint density at radius 1 is 0.879 bits per heavy atom. The Morgan fingerprint density at radius 2 is 1.58 bits per heavy atom. The molecule has 1 amide bonds. The summed E-state index contributed by atoms with van der Waals surface area (Å²) < 4.78 is 32.1. The molecule has 7 nitrogen and oxygen atoms in total. The average molecular weight is 465 g/mol. The highest BCUT2D eigenvalue weighted by molar-refractivity contribution is 7.93. The van der Waals surface area contributed by atoms with Gasteiger partial charge in [-0.1, -0.05) is 54.8 Å². The molecular formula is C25H24N2O5S. The Kier molecular flexibility index (Phi) is 5.62. The monoisotopic (exact) mass is 464 g/mol. The van der Waals surface area contributed by atoms with Crippen molar-refractivity contribution in [2.75, 3.05) is 4.90 Å². The van der Waals surface area contributed by atoms with Crippen molar-refractivity contribution in [2.24, 2.45) is 5.92 Å². The zero-order valence-corrected chi connectivity index (χ0v) is 18.8. The predicted molar refractivity (Wildman–Crippen MR) is 122 cm³/mol. The molecule has 2 fully saturated rings. The molecule has 5 rings (SSSR count). The first-order valence-corrected chi connectivity index (χ1v) is 12.7. The lowest BCUT2D eigenvalue weighted by molar-refractivity contribution is -0.133. The summed E-state index contributed by atoms with van der Waals surface area (Å²) in [6, 6.07) is 16.0. The van der Waals surface area contributed by atoms with Crippen LogP contribution in [0.4, 0.5) is 5.69 Å². The fourth-order valence-corrected chi connectivity index (χ4v) is 7.05. The van der Waals surface area contributed by atoms with Gasteiger partial charge in [0.05, 0.1) is 10.9 Å². The Hall–Kier alpha value is -3.26. The summed E-state index contributed by atoms with van der Waals surface area (Å²) in [5.41, 5.74) is 1.97. The topological polar surface area (TPSA) is 97.6 Å². The SMILES string of the molecule is O=C1C(=O)N(c2ccc(-c3ccon3)cc2)C(C2CCCCC2)C1S(=O)(=O)c1ccccc1. The van der Waals surface area contributed by atoms with E-state index in [-0.39, 0.29) is 10.8 Å². The van der Waals surface area contributed by atoms with Crippen molar-refractivity contribution >= 4 is 27.2 Å². The van der Waals surface area contributed by atoms with Crippen LogP contribution in [-0.4, -0.2) is 36.6 Å². The molecule has 3 aromatic rings. The van der Waals surface area contributed by atoms with Gasteiger partial charge in [0.25, 0.3) is 5.91 Å². The van der Waals surface area contributed by atoms with Crippen molar-refractivity contribution in [3.8, 4) is 11.3 Å². The molecule has 170 valence electrons. The minimum Gasteiger partial charge on any atom is -0.364 e. The number of sulfone groups is 1. The molecule has 1 aliphatic heterocycles. The Balaban J connectivity index is 1.58. The third-order valence-electron chi connectivity index (χ3n) is 6.71. The van der Waals surface area contributed by atoms with Crippen molar-refractivity contribution in [1.82, 2.24) is 5.16 Å². The quantitative estimate of drug-likeness (QED) is 0.529. The minimum atomic E-state index is -4.04. The van der Waals surface area contributed by atoms with Crippen LogP contribution in [-0.2, 0) is 19.4 Å². The summed E-state index contributed by atoms with van der Waals surface area (Å²) >= 11 is 0. The highest BCUT2D eigenvalue weighted by Crippen LogP contribution is 2.40. The number of anilines is 1. The molecule has 0 radical (unpaired) electrons. The van der Waals surface area contributed by atoms with E-state index in [9.17, 15) is 18.0 Å². The normalized spacial score (nSPS) is 22.1. The van der Waals surface area contributed by atoms with E-state index in [1.165, 1.54) is 23.3 Å². The number of carbonyl (C=O) groups is 2. The van der Waals surface area contributed by atoms with Crippen molar-refractivity contribution in [1.29, 1.82) is 0 Å². The van der Waals surface area contributed by atoms with Crippen LogP contribution in [0.5, 0.6) is 0 Å². The van der Waals surface area contributed by atoms with E-state index in [0.717, 1.165) is 37.7 Å². The lowest BCUT2D eigenvalue weighted by Gasteiger charge is -2.36. The van der Waals surface area contributed by atoms with Crippen LogP contribution in [0.1, 0.15) is 32.1 Å². The third kappa shape index (κ3) is 3.78. The van der Waals surface area contributed by atoms with Crippen LogP contribution in [0, 0.1) is 5.92 Å². The van der Waals surface area contributed by atoms with Gasteiger partial charge < -0.3 is 9.42 Å². The van der Waals surface area contributed by atoms with Gasteiger partial charge in [0.1, 0.15) is 12.0 Å². The molecule has 1 saturated heterocycles. The number of hydrogen-bond donors (Lipinski definition) is 0. The smallest absolute Gasteiger partial charge is 0.296 e. The van der Waals surface area contributed by atoms with Crippen LogP contribution in [0.15, 0.2) is 76.3 Å². The molecule has 1 aromatic heterocycles. The molecule has 1 aliphatic carbocycles. The van der Waals surface area contributed by atoms with Gasteiger partial charge in [-0.3, -0.25) is 9.59 Å². The summed E-state index contributed by atoms with van der Waals surface area (Å²) in [4.78, 5) is 28.0. The number of benzene rings is 2. The molecule has 8 heteroatoms. The summed E-state index contributed by atoms with van der Waals surface area (Å²) in [7, 11) is -4.04. The van der Waals surface area contributed by atoms with Gasteiger partial charge in [0.2, 0.25) is 5.78 Å². The average Bonchev–Trinajstić information content (AvgIpc) is 3.48. The van der Waals surface area contributed by atoms with E-state index >= 15 is 0 Å². The lowest BCUT2D eigenvalue weighted by atomic mass is 9.82. The molecule has 0 N–H and O–H groups in total. The number of ketones is 1. The van der Waals surface area contributed by atoms with E-state index in [0.29, 0.717) is 11.4 Å². The van der Waals surface area contributed by atoms with Crippen molar-refractivity contribution < 1.29 is 22.5 Å². The van der Waals surface area contributed by atoms with Crippen LogP contribution in [0.25, 0.3) is 11.3 Å². The van der Waals surface area contributed by atoms with E-state index in [1.54, 1.807) is 48.5 Å². The molecule has 2 unspecified atom stereocenters. The molecule has 2 aromatic carbocycles. The van der Waals surface area contributed by atoms with E-state index in [1.807, 2.05) is 0 Å². The van der Waals surface area contributed by atoms with Gasteiger partial charge in [0, 0.05) is 17.3 Å². The minimum absolute atomic E-state index is 0.0622. The number of amides is 1. The van der Waals surface area contributed by atoms with Crippen molar-refractivity contribution in [3.63, 3.8) is 0 Å². The second kappa shape index (κ2) is 8.59. The molecule has 2 aliphatic rings. The largest absolute Gasteiger partial charge is 0.364 e. The maximum atomic E-state index is 13.6. The first-order chi connectivity index (χ1) is 16.0. The molecule has 1 saturated carbocycles. The number of Topliss-reactive ketones (excluding diaryl/α,β-unsaturated/α-hetero) is 1. The van der Waals surface area contributed by atoms with E-state index < -0.39 is 32.8 Å². The standard InChI is InChI=1S/C25H24N2O5S/c28-23-24(33(30,31)20-9-5-2-6-10-20)22(18-7-3-1-4-8-18)27(25(23)29)19-13-11-17(12-14-19)21-15-16-32-26-21/h2,5-6,9-16,18,22,24H,1,3-4,7-8H2. The maximum Gasteiger partial charge on any atom is 0.296 e. The number of hydrogen-bond acceptors (Lipinski definition) is 6. The predicted octanol–water partition coefficient (Wildman–Crippen LogP) is 4.05. The van der Waals surface area contributed by atoms with E-state index in [2.05, 4.69) is 5.16 Å². The fraction of sp³-hybridized carbons (Fsp3) is 0.320. The van der Waals surface area contributed by atoms with Crippen LogP contribution >= 0.6 is 0 Å². The highest BCUT2D eigenvalue weighted by Gasteiger charge is 2.57. The first-order valence-electron chi connectivity index (χ1n) is 11.2. The summed E-state index contributed by atoms with van der Waals surface area (Å²) in [5, 5.41) is 2.51. The zero-order chi connectivity index (χ0) is 23.0. The summed E-state index contributed by atoms with van der Waals surface area (Å²) in [5.74, 6) is -1.67. The number of rotatable bonds is 5. The Morgan fingerprint density at radius 3 is 2.21 bits per heavy atom. The lowest BCUT2D eigenvalue weighted by Crippen LogP contribution is -2.46. The Bertz CT molecular complexity index is 1250. The Labute approximate surface area is 192 Å². The maximum absolute atomic E-state index is 13.6. The number of nitrogens with zero attached hydrogens (tertiary/aromatic N) is 2. The van der Waals surface area contributed by atoms with Gasteiger partial charge in [0.15, 0.2) is 15.1 Å². The summed E-state index contributed by atoms with van der Waals surface area (Å²) in [6.07, 6.45) is 6.05. The zero-order valence-electron chi connectivity index (χ0n) is 18.0. The second-order valence-corrected chi connectivity index (χ2v) is 10.7. The van der Waals surface area contributed by atoms with Gasteiger partial charge >= 0.3 is 0 Å². The van der Waals surface area contributed by atoms with Gasteiger partial charge in [-0.25, -0.2) is 8.42 Å². The van der Waals surface area contributed by atoms with E-state index in [4.69, 9.17) is 4.52 Å². The first kappa shape index (κ1) is 21.6. The van der Waals surface area contributed by atoms with Crippen molar-refractivity contribution in [2.45, 2.75) is 48.3 Å². The number of carbonyl (C=O) groups excluding carboxylic acids is 2. The van der Waals surface area contributed by atoms with Crippen molar-refractivity contribution in [3.05, 3.63) is 66.9 Å². The van der Waals surface area contributed by atoms with Crippen LogP contribution in [0.2, 0.25) is 0 Å². The molecule has 2 heterocycles. The molecular weight excluding hydrogens is 440 g/mol. The molecule has 33 heavy (non-hydrogen) atoms. The van der Waals surface area contributed by atoms with Gasteiger partial charge in [-0.2, -0.15) is 0 Å². The molecule has 0 spiro atoms. The second-order valence-electron chi connectivity index (χ2n) is 8.64. The van der Waals surface area contributed by atoms with Crippen LogP contribution < -0.4 is 4.90 Å².